The molecule has 1 aliphatic heterocycles. The molecule has 2 heterocycles. The monoisotopic (exact) mass is 334 g/mol. The van der Waals surface area contributed by atoms with Gasteiger partial charge in [-0.1, -0.05) is 6.92 Å². The summed E-state index contributed by atoms with van der Waals surface area (Å²) in [5, 5.41) is 2.95. The third-order valence-electron chi connectivity index (χ3n) is 3.10. The summed E-state index contributed by atoms with van der Waals surface area (Å²) in [5.74, 6) is 0.0731. The lowest BCUT2D eigenvalue weighted by atomic mass is 10.5. The highest BCUT2D eigenvalue weighted by Gasteiger charge is 2.31. The Hall–Kier alpha value is -1.26. The van der Waals surface area contributed by atoms with E-state index in [1.807, 2.05) is 6.92 Å². The van der Waals surface area contributed by atoms with E-state index in [4.69, 9.17) is 0 Å². The van der Waals surface area contributed by atoms with Crippen LogP contribution < -0.4 is 5.32 Å². The van der Waals surface area contributed by atoms with E-state index < -0.39 is 19.9 Å². The largest absolute Gasteiger partial charge is 0.354 e. The van der Waals surface area contributed by atoms with E-state index in [1.54, 1.807) is 0 Å². The number of hydrogen-bond acceptors (Lipinski definition) is 7. The summed E-state index contributed by atoms with van der Waals surface area (Å²) < 4.78 is 48.6. The second-order valence-corrected chi connectivity index (χ2v) is 8.97. The molecule has 1 aromatic heterocycles. The molecule has 0 saturated carbocycles. The molecule has 0 aliphatic carbocycles. The first-order valence-electron chi connectivity index (χ1n) is 6.61. The molecule has 8 nitrogen and oxygen atoms in total. The van der Waals surface area contributed by atoms with E-state index in [9.17, 15) is 16.8 Å². The van der Waals surface area contributed by atoms with Gasteiger partial charge in [0.1, 0.15) is 4.90 Å². The minimum atomic E-state index is -3.73. The first kappa shape index (κ1) is 16.1. The van der Waals surface area contributed by atoms with Crippen molar-refractivity contribution in [1.29, 1.82) is 0 Å². The Morgan fingerprint density at radius 3 is 2.33 bits per heavy atom. The molecule has 1 aliphatic rings. The van der Waals surface area contributed by atoms with Crippen LogP contribution in [0, 0.1) is 0 Å². The van der Waals surface area contributed by atoms with Gasteiger partial charge in [0.2, 0.25) is 16.0 Å². The summed E-state index contributed by atoms with van der Waals surface area (Å²) >= 11 is 0. The van der Waals surface area contributed by atoms with Crippen LogP contribution in [0.2, 0.25) is 0 Å². The smallest absolute Gasteiger partial charge is 0.246 e. The van der Waals surface area contributed by atoms with Gasteiger partial charge in [0.05, 0.1) is 23.9 Å². The van der Waals surface area contributed by atoms with Crippen molar-refractivity contribution in [1.82, 2.24) is 14.3 Å². The van der Waals surface area contributed by atoms with Crippen LogP contribution in [0.4, 0.5) is 5.95 Å². The van der Waals surface area contributed by atoms with E-state index in [1.165, 1.54) is 12.4 Å². The lowest BCUT2D eigenvalue weighted by Gasteiger charge is -2.25. The molecule has 21 heavy (non-hydrogen) atoms. The molecule has 1 N–H and O–H groups in total. The second-order valence-electron chi connectivity index (χ2n) is 4.73. The number of sulfonamides is 1. The average molecular weight is 334 g/mol. The van der Waals surface area contributed by atoms with Crippen molar-refractivity contribution >= 4 is 25.8 Å². The molecule has 0 radical (unpaired) electrons. The minimum Gasteiger partial charge on any atom is -0.354 e. The maximum absolute atomic E-state index is 12.4. The highest BCUT2D eigenvalue weighted by atomic mass is 32.2. The maximum atomic E-state index is 12.4. The van der Waals surface area contributed by atoms with Gasteiger partial charge in [-0.25, -0.2) is 26.8 Å². The highest BCUT2D eigenvalue weighted by molar-refractivity contribution is 7.92. The number of sulfone groups is 1. The fraction of sp³-hybridized carbons (Fsp3) is 0.636. The summed E-state index contributed by atoms with van der Waals surface area (Å²) in [7, 11) is -6.86. The van der Waals surface area contributed by atoms with Gasteiger partial charge < -0.3 is 5.32 Å². The Balaban J connectivity index is 2.12. The van der Waals surface area contributed by atoms with Gasteiger partial charge in [0.15, 0.2) is 9.84 Å². The molecule has 118 valence electrons. The SMILES string of the molecule is CCCNc1ncc(S(=O)(=O)N2CCS(=O)(=O)CC2)cn1. The van der Waals surface area contributed by atoms with Crippen molar-refractivity contribution in [2.45, 2.75) is 18.2 Å². The van der Waals surface area contributed by atoms with Crippen LogP contribution in [0.15, 0.2) is 17.3 Å². The molecule has 0 unspecified atom stereocenters. The predicted molar refractivity (Wildman–Crippen MR) is 78.2 cm³/mol. The average Bonchev–Trinajstić information content (AvgIpc) is 2.45. The first-order valence-corrected chi connectivity index (χ1v) is 9.88. The van der Waals surface area contributed by atoms with Crippen molar-refractivity contribution in [3.05, 3.63) is 12.4 Å². The van der Waals surface area contributed by atoms with Crippen molar-refractivity contribution in [2.24, 2.45) is 0 Å². The van der Waals surface area contributed by atoms with Crippen molar-refractivity contribution in [3.63, 3.8) is 0 Å². The lowest BCUT2D eigenvalue weighted by Crippen LogP contribution is -2.43. The van der Waals surface area contributed by atoms with Crippen molar-refractivity contribution < 1.29 is 16.8 Å². The first-order chi connectivity index (χ1) is 9.85. The Morgan fingerprint density at radius 1 is 1.24 bits per heavy atom. The molecule has 0 atom stereocenters. The fourth-order valence-corrected chi connectivity index (χ4v) is 4.63. The molecular weight excluding hydrogens is 316 g/mol. The normalized spacial score (nSPS) is 19.3. The molecule has 0 amide bonds. The quantitative estimate of drug-likeness (QED) is 0.788. The van der Waals surface area contributed by atoms with Gasteiger partial charge in [0, 0.05) is 19.6 Å². The Morgan fingerprint density at radius 2 is 1.81 bits per heavy atom. The minimum absolute atomic E-state index is 0.0242. The van der Waals surface area contributed by atoms with E-state index in [-0.39, 0.29) is 29.5 Å². The van der Waals surface area contributed by atoms with Gasteiger partial charge >= 0.3 is 0 Å². The summed E-state index contributed by atoms with van der Waals surface area (Å²) in [6, 6.07) is 0. The predicted octanol–water partition coefficient (Wildman–Crippen LogP) is -0.282. The topological polar surface area (TPSA) is 109 Å². The molecule has 0 bridgehead atoms. The van der Waals surface area contributed by atoms with E-state index in [2.05, 4.69) is 15.3 Å². The van der Waals surface area contributed by atoms with Gasteiger partial charge in [-0.05, 0) is 6.42 Å². The van der Waals surface area contributed by atoms with E-state index in [0.29, 0.717) is 12.5 Å². The third-order valence-corrected chi connectivity index (χ3v) is 6.56. The Bertz CT molecular complexity index is 671. The zero-order valence-electron chi connectivity index (χ0n) is 11.7. The Labute approximate surface area is 124 Å². The second kappa shape index (κ2) is 6.24. The highest BCUT2D eigenvalue weighted by Crippen LogP contribution is 2.17. The van der Waals surface area contributed by atoms with Crippen LogP contribution in [0.3, 0.4) is 0 Å². The standard InChI is InChI=1S/C11H18N4O4S2/c1-2-3-12-11-13-8-10(9-14-11)21(18,19)15-4-6-20(16,17)7-5-15/h8-9H,2-7H2,1H3,(H,12,13,14). The fourth-order valence-electron chi connectivity index (χ4n) is 1.86. The van der Waals surface area contributed by atoms with Crippen LogP contribution in [-0.2, 0) is 19.9 Å². The van der Waals surface area contributed by atoms with Gasteiger partial charge in [-0.3, -0.25) is 0 Å². The summed E-state index contributed by atoms with van der Waals surface area (Å²) in [6.07, 6.45) is 3.39. The molecule has 0 aromatic carbocycles. The zero-order chi connectivity index (χ0) is 15.5. The number of nitrogens with zero attached hydrogens (tertiary/aromatic N) is 3. The van der Waals surface area contributed by atoms with Crippen LogP contribution in [0.1, 0.15) is 13.3 Å². The maximum Gasteiger partial charge on any atom is 0.246 e. The lowest BCUT2D eigenvalue weighted by molar-refractivity contribution is 0.430. The van der Waals surface area contributed by atoms with Crippen molar-refractivity contribution in [3.8, 4) is 0 Å². The van der Waals surface area contributed by atoms with Crippen molar-refractivity contribution in [2.75, 3.05) is 36.5 Å². The van der Waals surface area contributed by atoms with E-state index in [0.717, 1.165) is 10.7 Å². The van der Waals surface area contributed by atoms with Gasteiger partial charge in [-0.15, -0.1) is 0 Å². The molecule has 1 aromatic rings. The molecule has 1 fully saturated rings. The number of rotatable bonds is 5. The third kappa shape index (κ3) is 3.89. The molecule has 0 spiro atoms. The number of nitrogens with one attached hydrogen (secondary N) is 1. The molecule has 10 heteroatoms. The number of aromatic nitrogens is 2. The molecule has 1 saturated heterocycles. The van der Waals surface area contributed by atoms with Crippen LogP contribution in [0.5, 0.6) is 0 Å². The number of hydrogen-bond donors (Lipinski definition) is 1. The molecule has 2 rings (SSSR count). The molecular formula is C11H18N4O4S2. The van der Waals surface area contributed by atoms with E-state index >= 15 is 0 Å². The summed E-state index contributed by atoms with van der Waals surface area (Å²) in [6.45, 7) is 2.65. The number of anilines is 1. The zero-order valence-corrected chi connectivity index (χ0v) is 13.3. The Kier molecular flexibility index (Phi) is 4.79. The van der Waals surface area contributed by atoms with Crippen LogP contribution in [-0.4, -0.2) is 62.2 Å². The van der Waals surface area contributed by atoms with Gasteiger partial charge in [0.25, 0.3) is 0 Å². The summed E-state index contributed by atoms with van der Waals surface area (Å²) in [5.41, 5.74) is 0. The summed E-state index contributed by atoms with van der Waals surface area (Å²) in [4.78, 5) is 7.90. The van der Waals surface area contributed by atoms with Crippen LogP contribution in [0.25, 0.3) is 0 Å². The van der Waals surface area contributed by atoms with Crippen LogP contribution >= 0.6 is 0 Å². The van der Waals surface area contributed by atoms with Gasteiger partial charge in [-0.2, -0.15) is 4.31 Å².